The van der Waals surface area contributed by atoms with Crippen molar-refractivity contribution in [2.45, 2.75) is 85.3 Å². The molecule has 2 saturated carbocycles. The van der Waals surface area contributed by atoms with Gasteiger partial charge in [-0.25, -0.2) is 0 Å². The van der Waals surface area contributed by atoms with Crippen molar-refractivity contribution in [2.75, 3.05) is 0 Å². The van der Waals surface area contributed by atoms with Crippen LogP contribution in [0, 0.1) is 11.8 Å². The number of hydrogen-bond donors (Lipinski definition) is 0. The van der Waals surface area contributed by atoms with Crippen LogP contribution < -0.4 is 35.3 Å². The molecule has 6 rings (SSSR count). The molecule has 0 nitrogen and oxygen atoms in total. The van der Waals surface area contributed by atoms with Crippen LogP contribution in [0.5, 0.6) is 0 Å². The Morgan fingerprint density at radius 3 is 1.70 bits per heavy atom. The summed E-state index contributed by atoms with van der Waals surface area (Å²) >= 11 is -2.13. The van der Waals surface area contributed by atoms with Gasteiger partial charge in [0.25, 0.3) is 0 Å². The van der Waals surface area contributed by atoms with Crippen LogP contribution in [0.4, 0.5) is 0 Å². The van der Waals surface area contributed by atoms with Crippen LogP contribution in [0.25, 0.3) is 31.8 Å². The minimum Gasteiger partial charge on any atom is -1.00 e. The molecule has 2 atom stereocenters. The van der Waals surface area contributed by atoms with E-state index in [0.717, 1.165) is 19.1 Å². The summed E-state index contributed by atoms with van der Waals surface area (Å²) in [6.07, 6.45) is 14.6. The molecule has 0 bridgehead atoms. The fourth-order valence-electron chi connectivity index (χ4n) is 7.95. The minimum atomic E-state index is -2.13. The first-order chi connectivity index (χ1) is 17.1. The number of hydrogen-bond acceptors (Lipinski definition) is 0. The van der Waals surface area contributed by atoms with Gasteiger partial charge in [0.15, 0.2) is 0 Å². The van der Waals surface area contributed by atoms with Crippen molar-refractivity contribution < 1.29 is 46.6 Å². The number of fused-ring (bicyclic) bond motifs is 5. The average molecular weight is 612 g/mol. The molecule has 3 heteroatoms. The standard InChI is InChI=1S/C18H11.2C8H15.2ClH.Zr/c1-12-10-17-15-8-3-2-6-13(15)11-18(17)16-9-5-4-7-14(12)16;2*1-2-8-6-4-3-5-7-8;;;/h2-10H,1H2;2*2,8H,3-7H2,1H3;2*1H;/q;;;;;+2/p-2. The van der Waals surface area contributed by atoms with Gasteiger partial charge in [0.05, 0.1) is 0 Å². The van der Waals surface area contributed by atoms with Crippen LogP contribution in [0.1, 0.15) is 83.6 Å². The molecule has 0 saturated heterocycles. The van der Waals surface area contributed by atoms with E-state index in [9.17, 15) is 0 Å². The SMILES string of the molecule is C=c1cc2c(c3ccccc13)=[C]([Zr+2]([CH](C)C1CCCCC1)[CH](C)C1CCCCC1)c1ccccc1-2.[Cl-].[Cl-]. The summed E-state index contributed by atoms with van der Waals surface area (Å²) in [7, 11) is 0. The zero-order chi connectivity index (χ0) is 23.9. The Hall–Kier alpha value is -0.877. The van der Waals surface area contributed by atoms with Crippen LogP contribution in [0.3, 0.4) is 0 Å². The van der Waals surface area contributed by atoms with Gasteiger partial charge in [0, 0.05) is 0 Å². The van der Waals surface area contributed by atoms with E-state index in [1.807, 2.05) is 3.28 Å². The Labute approximate surface area is 244 Å². The summed E-state index contributed by atoms with van der Waals surface area (Å²) < 4.78 is 3.70. The number of rotatable bonds is 5. The van der Waals surface area contributed by atoms with Crippen LogP contribution in [-0.2, 0) is 21.8 Å². The summed E-state index contributed by atoms with van der Waals surface area (Å²) in [6, 6.07) is 21.0. The summed E-state index contributed by atoms with van der Waals surface area (Å²) in [5.41, 5.74) is 4.56. The van der Waals surface area contributed by atoms with Crippen molar-refractivity contribution in [3.05, 3.63) is 70.6 Å². The van der Waals surface area contributed by atoms with Gasteiger partial charge in [0.2, 0.25) is 0 Å². The van der Waals surface area contributed by atoms with Gasteiger partial charge in [-0.3, -0.25) is 0 Å². The van der Waals surface area contributed by atoms with Gasteiger partial charge in [-0.2, -0.15) is 0 Å². The Bertz CT molecular complexity index is 1310. The van der Waals surface area contributed by atoms with E-state index in [-0.39, 0.29) is 24.8 Å². The van der Waals surface area contributed by atoms with Crippen molar-refractivity contribution in [1.82, 2.24) is 0 Å². The Morgan fingerprint density at radius 2 is 1.14 bits per heavy atom. The van der Waals surface area contributed by atoms with E-state index in [0.29, 0.717) is 0 Å². The maximum absolute atomic E-state index is 4.49. The second kappa shape index (κ2) is 12.5. The summed E-state index contributed by atoms with van der Waals surface area (Å²) in [4.78, 5) is 0. The van der Waals surface area contributed by atoms with Crippen molar-refractivity contribution >= 4 is 20.6 Å². The van der Waals surface area contributed by atoms with Crippen LogP contribution in [-0.4, -0.2) is 0 Å². The van der Waals surface area contributed by atoms with Gasteiger partial charge in [0.1, 0.15) is 0 Å². The molecule has 0 aromatic heterocycles. The minimum absolute atomic E-state index is 0. The first-order valence-electron chi connectivity index (χ1n) is 14.4. The summed E-state index contributed by atoms with van der Waals surface area (Å²) in [5.74, 6) is 1.90. The van der Waals surface area contributed by atoms with Crippen molar-refractivity contribution in [3.8, 4) is 11.1 Å². The molecular weight excluding hydrogens is 571 g/mol. The number of benzene rings is 3. The topological polar surface area (TPSA) is 0 Å². The second-order valence-corrected chi connectivity index (χ2v) is 19.7. The van der Waals surface area contributed by atoms with Crippen LogP contribution >= 0.6 is 0 Å². The molecule has 0 amide bonds. The van der Waals surface area contributed by atoms with E-state index in [1.165, 1.54) is 91.3 Å². The van der Waals surface area contributed by atoms with Gasteiger partial charge in [-0.05, 0) is 0 Å². The fourth-order valence-corrected chi connectivity index (χ4v) is 19.0. The monoisotopic (exact) mass is 609 g/mol. The predicted molar refractivity (Wildman–Crippen MR) is 149 cm³/mol. The maximum atomic E-state index is 4.49. The molecule has 0 spiro atoms. The van der Waals surface area contributed by atoms with Gasteiger partial charge >= 0.3 is 221 Å². The first-order valence-corrected chi connectivity index (χ1v) is 18.4. The van der Waals surface area contributed by atoms with Crippen molar-refractivity contribution in [3.63, 3.8) is 0 Å². The zero-order valence-corrected chi connectivity index (χ0v) is 26.5. The molecule has 2 unspecified atom stereocenters. The maximum Gasteiger partial charge on any atom is -1.00 e. The summed E-state index contributed by atoms with van der Waals surface area (Å²) in [5, 5.41) is 5.62. The van der Waals surface area contributed by atoms with Crippen LogP contribution in [0.2, 0.25) is 7.25 Å². The third-order valence-corrected chi connectivity index (χ3v) is 19.7. The molecule has 3 aromatic carbocycles. The molecule has 37 heavy (non-hydrogen) atoms. The molecule has 0 heterocycles. The average Bonchev–Trinajstić information content (AvgIpc) is 3.24. The summed E-state index contributed by atoms with van der Waals surface area (Å²) in [6.45, 7) is 9.93. The van der Waals surface area contributed by atoms with Gasteiger partial charge in [-0.15, -0.1) is 0 Å². The Kier molecular flexibility index (Phi) is 9.86. The van der Waals surface area contributed by atoms with E-state index < -0.39 is 21.8 Å². The van der Waals surface area contributed by atoms with E-state index in [2.05, 4.69) is 75.0 Å². The Balaban J connectivity index is 0.00000160. The largest absolute Gasteiger partial charge is 1.00 e. The van der Waals surface area contributed by atoms with Gasteiger partial charge in [-0.1, -0.05) is 0 Å². The molecule has 3 aromatic rings. The van der Waals surface area contributed by atoms with E-state index in [4.69, 9.17) is 0 Å². The molecule has 0 radical (unpaired) electrons. The number of halogens is 2. The van der Waals surface area contributed by atoms with Gasteiger partial charge < -0.3 is 24.8 Å². The molecule has 195 valence electrons. The second-order valence-electron chi connectivity index (χ2n) is 11.8. The Morgan fingerprint density at radius 1 is 0.649 bits per heavy atom. The zero-order valence-electron chi connectivity index (χ0n) is 22.5. The molecule has 3 aliphatic carbocycles. The molecule has 0 aliphatic heterocycles. The fraction of sp³-hybridized carbons (Fsp3) is 0.471. The molecule has 0 N–H and O–H groups in total. The van der Waals surface area contributed by atoms with Crippen molar-refractivity contribution in [2.24, 2.45) is 11.8 Å². The van der Waals surface area contributed by atoms with E-state index >= 15 is 0 Å². The quantitative estimate of drug-likeness (QED) is 0.417. The van der Waals surface area contributed by atoms with Crippen molar-refractivity contribution in [1.29, 1.82) is 0 Å². The van der Waals surface area contributed by atoms with E-state index in [1.54, 1.807) is 10.8 Å². The molecule has 3 aliphatic rings. The molecule has 2 fully saturated rings. The third-order valence-electron chi connectivity index (χ3n) is 9.85. The third kappa shape index (κ3) is 5.32. The predicted octanol–water partition coefficient (Wildman–Crippen LogP) is 2.79. The van der Waals surface area contributed by atoms with Crippen LogP contribution in [0.15, 0.2) is 54.6 Å². The molecular formula is C34H41Cl2Zr. The smallest absolute Gasteiger partial charge is 1.00 e. The normalized spacial score (nSPS) is 19.4. The first kappa shape index (κ1) is 29.1.